The van der Waals surface area contributed by atoms with Crippen LogP contribution in [0.1, 0.15) is 24.8 Å². The molecule has 0 atom stereocenters. The summed E-state index contributed by atoms with van der Waals surface area (Å²) in [4.78, 5) is 18.0. The highest BCUT2D eigenvalue weighted by atomic mass is 15.4. The van der Waals surface area contributed by atoms with Crippen LogP contribution in [0.25, 0.3) is 0 Å². The topological polar surface area (TPSA) is 81.6 Å². The third-order valence-corrected chi connectivity index (χ3v) is 5.08. The van der Waals surface area contributed by atoms with Crippen molar-refractivity contribution in [2.75, 3.05) is 47.7 Å². The minimum atomic E-state index is 0.412. The Balaban J connectivity index is 1.52. The van der Waals surface area contributed by atoms with Crippen molar-refractivity contribution >= 4 is 35.4 Å². The van der Waals surface area contributed by atoms with Gasteiger partial charge in [-0.25, -0.2) is 5.43 Å². The van der Waals surface area contributed by atoms with Crippen molar-refractivity contribution in [2.24, 2.45) is 5.10 Å². The number of para-hydroxylation sites is 1. The maximum atomic E-state index is 4.64. The van der Waals surface area contributed by atoms with E-state index in [9.17, 15) is 0 Å². The number of anilines is 5. The monoisotopic (exact) mass is 416 g/mol. The van der Waals surface area contributed by atoms with Gasteiger partial charge in [-0.2, -0.15) is 20.1 Å². The Kier molecular flexibility index (Phi) is 6.56. The molecule has 1 fully saturated rings. The lowest BCUT2D eigenvalue weighted by Crippen LogP contribution is -2.31. The minimum Gasteiger partial charge on any atom is -0.378 e. The molecule has 4 rings (SSSR count). The Hall–Kier alpha value is -3.68. The van der Waals surface area contributed by atoms with Crippen LogP contribution in [0.5, 0.6) is 0 Å². The highest BCUT2D eigenvalue weighted by Gasteiger charge is 2.16. The first-order valence-electron chi connectivity index (χ1n) is 10.6. The van der Waals surface area contributed by atoms with E-state index in [1.807, 2.05) is 56.6 Å². The number of nitrogens with zero attached hydrogens (tertiary/aromatic N) is 6. The summed E-state index contributed by atoms with van der Waals surface area (Å²) in [5.74, 6) is 1.58. The molecule has 3 aromatic rings. The number of hydrogen-bond acceptors (Lipinski definition) is 8. The van der Waals surface area contributed by atoms with Crippen LogP contribution in [-0.2, 0) is 0 Å². The second kappa shape index (κ2) is 9.88. The van der Waals surface area contributed by atoms with Crippen molar-refractivity contribution in [1.29, 1.82) is 0 Å². The Morgan fingerprint density at radius 2 is 1.58 bits per heavy atom. The number of piperidine rings is 1. The van der Waals surface area contributed by atoms with E-state index >= 15 is 0 Å². The number of hydrazone groups is 1. The lowest BCUT2D eigenvalue weighted by atomic mass is 10.1. The fourth-order valence-electron chi connectivity index (χ4n) is 3.38. The van der Waals surface area contributed by atoms with Crippen molar-refractivity contribution in [1.82, 2.24) is 15.0 Å². The van der Waals surface area contributed by atoms with Gasteiger partial charge in [-0.1, -0.05) is 30.3 Å². The van der Waals surface area contributed by atoms with Crippen LogP contribution in [-0.4, -0.2) is 48.4 Å². The molecule has 1 aliphatic rings. The molecule has 8 nitrogen and oxygen atoms in total. The Morgan fingerprint density at radius 3 is 2.29 bits per heavy atom. The third-order valence-electron chi connectivity index (χ3n) is 5.08. The van der Waals surface area contributed by atoms with Gasteiger partial charge in [0.2, 0.25) is 17.8 Å². The van der Waals surface area contributed by atoms with Crippen LogP contribution >= 0.6 is 0 Å². The standard InChI is InChI=1S/C23H28N8/c1-30(2)20-13-11-18(12-14-20)17-24-29-22-26-21(25-19-9-5-3-6-10-19)27-23(28-22)31-15-7-4-8-16-31/h3,5-6,9-14,17H,4,7-8,15-16H2,1-2H3,(H2,25,26,27,28,29)/b24-17-. The molecule has 0 aliphatic carbocycles. The van der Waals surface area contributed by atoms with Crippen molar-refractivity contribution in [3.63, 3.8) is 0 Å². The Morgan fingerprint density at radius 1 is 0.871 bits per heavy atom. The highest BCUT2D eigenvalue weighted by Crippen LogP contribution is 2.20. The van der Waals surface area contributed by atoms with Crippen molar-refractivity contribution in [3.05, 3.63) is 60.2 Å². The van der Waals surface area contributed by atoms with Crippen LogP contribution in [0.3, 0.4) is 0 Å². The van der Waals surface area contributed by atoms with E-state index in [2.05, 4.69) is 52.7 Å². The SMILES string of the molecule is CN(C)c1ccc(/C=N\Nc2nc(Nc3ccccc3)nc(N3CCCCC3)n2)cc1. The van der Waals surface area contributed by atoms with Gasteiger partial charge in [0.05, 0.1) is 6.21 Å². The van der Waals surface area contributed by atoms with Gasteiger partial charge in [0.15, 0.2) is 0 Å². The van der Waals surface area contributed by atoms with E-state index in [1.165, 1.54) is 6.42 Å². The maximum absolute atomic E-state index is 4.64. The van der Waals surface area contributed by atoms with Crippen LogP contribution in [0.15, 0.2) is 59.7 Å². The number of rotatable bonds is 7. The molecule has 0 unspecified atom stereocenters. The molecule has 31 heavy (non-hydrogen) atoms. The average molecular weight is 417 g/mol. The predicted octanol–water partition coefficient (Wildman–Crippen LogP) is 4.12. The minimum absolute atomic E-state index is 0.412. The van der Waals surface area contributed by atoms with Crippen LogP contribution < -0.4 is 20.5 Å². The fourth-order valence-corrected chi connectivity index (χ4v) is 3.38. The van der Waals surface area contributed by atoms with Crippen molar-refractivity contribution in [3.8, 4) is 0 Å². The lowest BCUT2D eigenvalue weighted by molar-refractivity contribution is 0.568. The summed E-state index contributed by atoms with van der Waals surface area (Å²) < 4.78 is 0. The zero-order valence-electron chi connectivity index (χ0n) is 18.0. The Bertz CT molecular complexity index is 996. The summed E-state index contributed by atoms with van der Waals surface area (Å²) in [6.07, 6.45) is 5.31. The third kappa shape index (κ3) is 5.69. The molecular formula is C23H28N8. The quantitative estimate of drug-likeness (QED) is 0.443. The van der Waals surface area contributed by atoms with Gasteiger partial charge in [-0.3, -0.25) is 0 Å². The van der Waals surface area contributed by atoms with Crippen LogP contribution in [0.2, 0.25) is 0 Å². The maximum Gasteiger partial charge on any atom is 0.250 e. The summed E-state index contributed by atoms with van der Waals surface area (Å²) in [6.45, 7) is 1.91. The van der Waals surface area contributed by atoms with Crippen LogP contribution in [0, 0.1) is 0 Å². The second-order valence-corrected chi connectivity index (χ2v) is 7.68. The second-order valence-electron chi connectivity index (χ2n) is 7.68. The lowest BCUT2D eigenvalue weighted by Gasteiger charge is -2.26. The molecule has 160 valence electrons. The van der Waals surface area contributed by atoms with E-state index in [1.54, 1.807) is 6.21 Å². The number of hydrogen-bond donors (Lipinski definition) is 2. The number of nitrogens with one attached hydrogen (secondary N) is 2. The van der Waals surface area contributed by atoms with E-state index in [0.717, 1.165) is 42.9 Å². The molecule has 2 aromatic carbocycles. The predicted molar refractivity (Wildman–Crippen MR) is 128 cm³/mol. The summed E-state index contributed by atoms with van der Waals surface area (Å²) in [6, 6.07) is 18.0. The largest absolute Gasteiger partial charge is 0.378 e. The van der Waals surface area contributed by atoms with E-state index < -0.39 is 0 Å². The van der Waals surface area contributed by atoms with Gasteiger partial charge in [0.1, 0.15) is 0 Å². The summed E-state index contributed by atoms with van der Waals surface area (Å²) in [7, 11) is 4.04. The van der Waals surface area contributed by atoms with Gasteiger partial charge >= 0.3 is 0 Å². The normalized spacial score (nSPS) is 13.9. The summed E-state index contributed by atoms with van der Waals surface area (Å²) in [5, 5.41) is 7.60. The van der Waals surface area contributed by atoms with Crippen molar-refractivity contribution in [2.45, 2.75) is 19.3 Å². The molecule has 0 amide bonds. The number of aromatic nitrogens is 3. The molecule has 2 heterocycles. The molecule has 1 aliphatic heterocycles. The molecule has 0 bridgehead atoms. The molecule has 1 saturated heterocycles. The molecular weight excluding hydrogens is 388 g/mol. The van der Waals surface area contributed by atoms with Gasteiger partial charge < -0.3 is 15.1 Å². The summed E-state index contributed by atoms with van der Waals surface area (Å²) in [5.41, 5.74) is 6.03. The van der Waals surface area contributed by atoms with Gasteiger partial charge in [0.25, 0.3) is 0 Å². The molecule has 8 heteroatoms. The van der Waals surface area contributed by atoms with Gasteiger partial charge in [-0.15, -0.1) is 0 Å². The first-order valence-corrected chi connectivity index (χ1v) is 10.6. The molecule has 1 aromatic heterocycles. The van der Waals surface area contributed by atoms with Gasteiger partial charge in [0, 0.05) is 38.6 Å². The van der Waals surface area contributed by atoms with Gasteiger partial charge in [-0.05, 0) is 49.1 Å². The molecule has 0 spiro atoms. The van der Waals surface area contributed by atoms with Crippen molar-refractivity contribution < 1.29 is 0 Å². The fraction of sp³-hybridized carbons (Fsp3) is 0.304. The van der Waals surface area contributed by atoms with Crippen LogP contribution in [0.4, 0.5) is 29.2 Å². The molecule has 0 saturated carbocycles. The van der Waals surface area contributed by atoms with E-state index in [-0.39, 0.29) is 0 Å². The zero-order chi connectivity index (χ0) is 21.5. The van der Waals surface area contributed by atoms with E-state index in [0.29, 0.717) is 17.8 Å². The highest BCUT2D eigenvalue weighted by molar-refractivity contribution is 5.80. The zero-order valence-corrected chi connectivity index (χ0v) is 18.0. The molecule has 2 N–H and O–H groups in total. The molecule has 0 radical (unpaired) electrons. The first kappa shape index (κ1) is 20.6. The first-order chi connectivity index (χ1) is 15.2. The average Bonchev–Trinajstić information content (AvgIpc) is 2.80. The Labute approximate surface area is 183 Å². The smallest absolute Gasteiger partial charge is 0.250 e. The summed E-state index contributed by atoms with van der Waals surface area (Å²) >= 11 is 0. The van der Waals surface area contributed by atoms with E-state index in [4.69, 9.17) is 0 Å². The number of benzene rings is 2.